The maximum Gasteiger partial charge on any atom is 0.264 e. The first kappa shape index (κ1) is 34.8. The van der Waals surface area contributed by atoms with Gasteiger partial charge in [0.1, 0.15) is 5.75 Å². The zero-order valence-electron chi connectivity index (χ0n) is 29.1. The predicted molar refractivity (Wildman–Crippen MR) is 192 cm³/mol. The molecule has 3 aliphatic heterocycles. The number of fused-ring (bicyclic) bond motifs is 4. The average molecular weight is 712 g/mol. The van der Waals surface area contributed by atoms with Gasteiger partial charge in [-0.2, -0.15) is 0 Å². The molecule has 2 bridgehead atoms. The van der Waals surface area contributed by atoms with Crippen molar-refractivity contribution in [3.63, 3.8) is 0 Å². The van der Waals surface area contributed by atoms with Gasteiger partial charge in [0.05, 0.1) is 36.8 Å². The van der Waals surface area contributed by atoms with Crippen LogP contribution in [0.15, 0.2) is 48.6 Å². The molecule has 1 saturated carbocycles. The number of allylic oxidation sites excluding steroid dienone is 1. The number of hydrogen-bond donors (Lipinski definition) is 1. The Labute approximate surface area is 296 Å². The summed E-state index contributed by atoms with van der Waals surface area (Å²) in [6, 6.07) is 11.8. The maximum atomic E-state index is 13.5. The van der Waals surface area contributed by atoms with E-state index >= 15 is 0 Å². The van der Waals surface area contributed by atoms with Crippen LogP contribution in [0.5, 0.6) is 5.75 Å². The summed E-state index contributed by atoms with van der Waals surface area (Å²) < 4.78 is 48.8. The molecule has 2 aromatic carbocycles. The maximum absolute atomic E-state index is 13.5. The van der Waals surface area contributed by atoms with E-state index in [1.165, 1.54) is 11.1 Å². The molecular formula is C38H50ClN3O6S. The summed E-state index contributed by atoms with van der Waals surface area (Å²) in [7, 11) is 0.157. The Hall–Kier alpha value is -2.63. The van der Waals surface area contributed by atoms with Gasteiger partial charge in [0.25, 0.3) is 5.91 Å². The normalized spacial score (nSPS) is 35.3. The first-order valence-electron chi connectivity index (χ1n) is 17.9. The van der Waals surface area contributed by atoms with Crippen molar-refractivity contribution >= 4 is 33.2 Å². The van der Waals surface area contributed by atoms with E-state index in [4.69, 9.17) is 25.8 Å². The summed E-state index contributed by atoms with van der Waals surface area (Å²) in [5.41, 5.74) is 3.42. The Morgan fingerprint density at radius 2 is 1.86 bits per heavy atom. The van der Waals surface area contributed by atoms with Crippen LogP contribution < -0.4 is 14.4 Å². The lowest BCUT2D eigenvalue weighted by Gasteiger charge is -2.48. The number of anilines is 1. The number of hydrogen-bond acceptors (Lipinski definition) is 8. The molecule has 0 unspecified atom stereocenters. The van der Waals surface area contributed by atoms with E-state index in [0.29, 0.717) is 49.4 Å². The number of carbonyl (C=O) groups excluding carboxylic acids is 1. The van der Waals surface area contributed by atoms with Gasteiger partial charge in [-0.1, -0.05) is 36.7 Å². The van der Waals surface area contributed by atoms with Gasteiger partial charge < -0.3 is 24.0 Å². The van der Waals surface area contributed by atoms with Crippen molar-refractivity contribution in [2.45, 2.75) is 75.4 Å². The number of benzene rings is 2. The SMILES string of the molecule is C[C@@H]1[C@@H](C)C/C=C/[C@@H]([C@H]2OC[C@H](N(C)C)CO2)[C@@H]2CC[C@H]2CN2C[C@@]3(CCCc4cc(Cl)ccc43)COc3ccc(cc32)C(=O)NS1(=O)=O. The van der Waals surface area contributed by atoms with Crippen LogP contribution in [0.3, 0.4) is 0 Å². The van der Waals surface area contributed by atoms with Crippen LogP contribution in [0.4, 0.5) is 5.69 Å². The average Bonchev–Trinajstić information content (AvgIpc) is 3.21. The molecule has 266 valence electrons. The molecule has 0 radical (unpaired) electrons. The van der Waals surface area contributed by atoms with E-state index in [2.05, 4.69) is 38.8 Å². The van der Waals surface area contributed by atoms with Gasteiger partial charge in [-0.15, -0.1) is 0 Å². The van der Waals surface area contributed by atoms with Crippen molar-refractivity contribution < 1.29 is 27.4 Å². The van der Waals surface area contributed by atoms with Crippen molar-refractivity contribution in [1.82, 2.24) is 9.62 Å². The number of aryl methyl sites for hydroxylation is 1. The summed E-state index contributed by atoms with van der Waals surface area (Å²) >= 11 is 6.47. The lowest BCUT2D eigenvalue weighted by Crippen LogP contribution is -2.51. The number of rotatable bonds is 2. The first-order chi connectivity index (χ1) is 23.4. The molecule has 0 aromatic heterocycles. The standard InChI is InChI=1S/C38H50ClN3O6S/c1-24-7-5-9-32(37-46-20-30(21-47-37)41(3)4)31-13-10-28(31)19-42-22-38(16-6-8-26-17-29(39)12-14-33(26)38)23-48-35-15-11-27(18-34(35)42)36(43)40-49(44,45)25(24)2/h5,9,11-12,14-15,17-18,24-25,28,30-32,37H,6-8,10,13,16,19-23H2,1-4H3,(H,40,43)/b9-5+/t24-,25+,28-,30-,31+,32+,37-,38-/m0/s1. The zero-order chi connectivity index (χ0) is 34.5. The van der Waals surface area contributed by atoms with Gasteiger partial charge in [-0.25, -0.2) is 13.1 Å². The summed E-state index contributed by atoms with van der Waals surface area (Å²) in [5, 5.41) is -0.0271. The number of carbonyl (C=O) groups is 1. The van der Waals surface area contributed by atoms with Crippen LogP contribution in [0.1, 0.15) is 67.4 Å². The molecule has 1 saturated heterocycles. The second-order valence-electron chi connectivity index (χ2n) is 15.3. The molecule has 1 spiro atoms. The quantitative estimate of drug-likeness (QED) is 0.391. The van der Waals surface area contributed by atoms with E-state index < -0.39 is 21.2 Å². The summed E-state index contributed by atoms with van der Waals surface area (Å²) in [6.45, 7) is 6.82. The molecule has 9 nitrogen and oxygen atoms in total. The molecule has 3 heterocycles. The Morgan fingerprint density at radius 1 is 1.06 bits per heavy atom. The van der Waals surface area contributed by atoms with Gasteiger partial charge in [0.2, 0.25) is 10.0 Å². The lowest BCUT2D eigenvalue weighted by molar-refractivity contribution is -0.230. The molecule has 1 amide bonds. The van der Waals surface area contributed by atoms with Gasteiger partial charge >= 0.3 is 0 Å². The van der Waals surface area contributed by atoms with Crippen molar-refractivity contribution in [3.8, 4) is 5.75 Å². The monoisotopic (exact) mass is 711 g/mol. The van der Waals surface area contributed by atoms with Crippen LogP contribution in [0, 0.1) is 23.7 Å². The highest BCUT2D eigenvalue weighted by Gasteiger charge is 2.46. The fraction of sp³-hybridized carbons (Fsp3) is 0.605. The minimum absolute atomic E-state index is 0.0362. The lowest BCUT2D eigenvalue weighted by atomic mass is 9.65. The molecule has 49 heavy (non-hydrogen) atoms. The topological polar surface area (TPSA) is 97.4 Å². The Kier molecular flexibility index (Phi) is 9.82. The van der Waals surface area contributed by atoms with E-state index in [-0.39, 0.29) is 29.6 Å². The summed E-state index contributed by atoms with van der Waals surface area (Å²) in [4.78, 5) is 18.1. The molecule has 1 N–H and O–H groups in total. The zero-order valence-corrected chi connectivity index (χ0v) is 30.6. The van der Waals surface area contributed by atoms with Crippen LogP contribution >= 0.6 is 11.6 Å². The number of likely N-dealkylation sites (N-methyl/N-ethyl adjacent to an activating group) is 1. The first-order valence-corrected chi connectivity index (χ1v) is 19.8. The third kappa shape index (κ3) is 6.88. The molecule has 7 rings (SSSR count). The van der Waals surface area contributed by atoms with Gasteiger partial charge in [-0.05, 0) is 119 Å². The van der Waals surface area contributed by atoms with Crippen LogP contribution in [0.2, 0.25) is 5.02 Å². The van der Waals surface area contributed by atoms with Crippen LogP contribution in [-0.4, -0.2) is 83.8 Å². The fourth-order valence-corrected chi connectivity index (χ4v) is 10.0. The summed E-state index contributed by atoms with van der Waals surface area (Å²) in [5.74, 6) is 0.612. The van der Waals surface area contributed by atoms with Gasteiger partial charge in [-0.3, -0.25) is 4.79 Å². The molecule has 11 heteroatoms. The minimum atomic E-state index is -3.94. The predicted octanol–water partition coefficient (Wildman–Crippen LogP) is 5.80. The number of nitrogens with zero attached hydrogens (tertiary/aromatic N) is 2. The minimum Gasteiger partial charge on any atom is -0.490 e. The number of nitrogens with one attached hydrogen (secondary N) is 1. The highest BCUT2D eigenvalue weighted by atomic mass is 35.5. The third-order valence-electron chi connectivity index (χ3n) is 12.1. The highest BCUT2D eigenvalue weighted by molar-refractivity contribution is 7.90. The van der Waals surface area contributed by atoms with E-state index in [0.717, 1.165) is 55.9 Å². The molecular weight excluding hydrogens is 662 g/mol. The van der Waals surface area contributed by atoms with E-state index in [9.17, 15) is 13.2 Å². The fourth-order valence-electron chi connectivity index (χ4n) is 8.56. The second kappa shape index (κ2) is 13.8. The summed E-state index contributed by atoms with van der Waals surface area (Å²) in [6.07, 6.45) is 9.66. The molecule has 2 aromatic rings. The van der Waals surface area contributed by atoms with Crippen molar-refractivity contribution in [2.75, 3.05) is 51.9 Å². The van der Waals surface area contributed by atoms with E-state index in [1.807, 2.05) is 39.2 Å². The number of amides is 1. The van der Waals surface area contributed by atoms with Gasteiger partial charge in [0, 0.05) is 35.0 Å². The Morgan fingerprint density at radius 3 is 2.59 bits per heavy atom. The number of ether oxygens (including phenoxy) is 3. The highest BCUT2D eigenvalue weighted by Crippen LogP contribution is 2.48. The van der Waals surface area contributed by atoms with Crippen LogP contribution in [-0.2, 0) is 31.3 Å². The third-order valence-corrected chi connectivity index (χ3v) is 14.2. The largest absolute Gasteiger partial charge is 0.490 e. The Balaban J connectivity index is 1.28. The molecule has 6 atom stereocenters. The van der Waals surface area contributed by atoms with Crippen LogP contribution in [0.25, 0.3) is 0 Å². The van der Waals surface area contributed by atoms with Crippen molar-refractivity contribution in [2.24, 2.45) is 23.7 Å². The second-order valence-corrected chi connectivity index (χ2v) is 17.8. The smallest absolute Gasteiger partial charge is 0.264 e. The Bertz CT molecular complexity index is 1690. The molecule has 2 fully saturated rings. The van der Waals surface area contributed by atoms with Gasteiger partial charge in [0.15, 0.2) is 6.29 Å². The number of sulfonamides is 1. The number of halogens is 1. The molecule has 2 aliphatic carbocycles. The van der Waals surface area contributed by atoms with Crippen molar-refractivity contribution in [1.29, 1.82) is 0 Å². The van der Waals surface area contributed by atoms with E-state index in [1.54, 1.807) is 13.0 Å². The molecule has 5 aliphatic rings. The van der Waals surface area contributed by atoms with Crippen molar-refractivity contribution in [3.05, 3.63) is 70.3 Å².